The van der Waals surface area contributed by atoms with E-state index in [-0.39, 0.29) is 18.1 Å². The highest BCUT2D eigenvalue weighted by Crippen LogP contribution is 2.29. The van der Waals surface area contributed by atoms with Crippen LogP contribution < -0.4 is 4.90 Å². The number of nitrogens with zero attached hydrogens (tertiary/aromatic N) is 6. The summed E-state index contributed by atoms with van der Waals surface area (Å²) in [4.78, 5) is 45.0. The predicted molar refractivity (Wildman–Crippen MR) is 136 cm³/mol. The molecule has 0 atom stereocenters. The summed E-state index contributed by atoms with van der Waals surface area (Å²) in [6, 6.07) is 6.06. The highest BCUT2D eigenvalue weighted by molar-refractivity contribution is 6.35. The fourth-order valence-electron chi connectivity index (χ4n) is 3.75. The van der Waals surface area contributed by atoms with Gasteiger partial charge in [-0.25, -0.2) is 19.1 Å². The Morgan fingerprint density at radius 3 is 2.56 bits per heavy atom. The van der Waals surface area contributed by atoms with Crippen molar-refractivity contribution in [3.63, 3.8) is 0 Å². The van der Waals surface area contributed by atoms with Crippen LogP contribution in [0.4, 0.5) is 15.4 Å². The number of aromatic nitrogens is 3. The lowest BCUT2D eigenvalue weighted by atomic mass is 10.2. The molecule has 192 valence electrons. The van der Waals surface area contributed by atoms with Crippen LogP contribution >= 0.6 is 11.6 Å². The Bertz CT molecular complexity index is 1370. The molecule has 3 amide bonds. The van der Waals surface area contributed by atoms with E-state index >= 15 is 0 Å². The Morgan fingerprint density at radius 2 is 1.97 bits per heavy atom. The minimum absolute atomic E-state index is 0.229. The summed E-state index contributed by atoms with van der Waals surface area (Å²) in [5.74, 6) is 0.644. The van der Waals surface area contributed by atoms with Crippen LogP contribution in [0.3, 0.4) is 0 Å². The first-order valence-corrected chi connectivity index (χ1v) is 11.4. The maximum atomic E-state index is 13.3. The molecule has 0 bridgehead atoms. The van der Waals surface area contributed by atoms with Gasteiger partial charge in [-0.1, -0.05) is 22.8 Å². The second-order valence-corrected chi connectivity index (χ2v) is 9.70. The summed E-state index contributed by atoms with van der Waals surface area (Å²) in [6.07, 6.45) is -0.276. The van der Waals surface area contributed by atoms with Crippen molar-refractivity contribution in [2.75, 3.05) is 11.9 Å². The summed E-state index contributed by atoms with van der Waals surface area (Å²) >= 11 is 6.35. The number of imidazole rings is 1. The molecular weight excluding hydrogens is 488 g/mol. The van der Waals surface area contributed by atoms with Gasteiger partial charge in [0.15, 0.2) is 11.6 Å². The molecule has 2 aromatic heterocycles. The van der Waals surface area contributed by atoms with Gasteiger partial charge < -0.3 is 14.5 Å². The van der Waals surface area contributed by atoms with E-state index < -0.39 is 17.7 Å². The largest absolute Gasteiger partial charge is 0.443 e. The Kier molecular flexibility index (Phi) is 7.44. The van der Waals surface area contributed by atoms with E-state index in [1.807, 2.05) is 0 Å². The highest BCUT2D eigenvalue weighted by atomic mass is 35.5. The fraction of sp³-hybridized carbons (Fsp3) is 0.375. The molecule has 0 aliphatic heterocycles. The van der Waals surface area contributed by atoms with Crippen LogP contribution in [0.25, 0.3) is 10.9 Å². The molecule has 2 heterocycles. The maximum Gasteiger partial charge on any atom is 0.419 e. The number of imide groups is 1. The topological polar surface area (TPSA) is 122 Å². The number of hydrogen-bond donors (Lipinski definition) is 1. The molecule has 3 rings (SSSR count). The average Bonchev–Trinajstić information content (AvgIpc) is 3.33. The number of carbonyl (C=O) groups excluding carboxylic acids is 3. The maximum absolute atomic E-state index is 13.3. The lowest BCUT2D eigenvalue weighted by Crippen LogP contribution is -2.41. The number of urea groups is 1. The van der Waals surface area contributed by atoms with E-state index in [1.54, 1.807) is 70.5 Å². The summed E-state index contributed by atoms with van der Waals surface area (Å²) in [5.41, 5.74) is 0.932. The Labute approximate surface area is 213 Å². The SMILES string of the molecule is C/C(=N/O)c1nc(N(C)C(=O)N(C=O)Cc2cc3c(Cl)cccc3n2C(=O)OC(C)(C)C)c(C)n1C. The van der Waals surface area contributed by atoms with Crippen molar-refractivity contribution in [1.82, 2.24) is 19.0 Å². The third-order valence-corrected chi connectivity index (χ3v) is 5.91. The van der Waals surface area contributed by atoms with Gasteiger partial charge in [-0.05, 0) is 52.8 Å². The van der Waals surface area contributed by atoms with Crippen molar-refractivity contribution in [2.45, 2.75) is 46.8 Å². The molecule has 0 aliphatic carbocycles. The molecule has 0 fully saturated rings. The van der Waals surface area contributed by atoms with E-state index in [9.17, 15) is 14.4 Å². The first-order valence-electron chi connectivity index (χ1n) is 11.0. The Balaban J connectivity index is 2.01. The number of anilines is 1. The van der Waals surface area contributed by atoms with Crippen LogP contribution in [0.1, 0.15) is 44.9 Å². The van der Waals surface area contributed by atoms with Gasteiger partial charge in [0.1, 0.15) is 11.3 Å². The predicted octanol–water partition coefficient (Wildman–Crippen LogP) is 4.53. The average molecular weight is 517 g/mol. The molecule has 0 saturated heterocycles. The molecule has 1 aromatic carbocycles. The van der Waals surface area contributed by atoms with Crippen molar-refractivity contribution in [2.24, 2.45) is 12.2 Å². The lowest BCUT2D eigenvalue weighted by Gasteiger charge is -2.24. The van der Waals surface area contributed by atoms with E-state index in [0.717, 1.165) is 4.90 Å². The Morgan fingerprint density at radius 1 is 1.31 bits per heavy atom. The lowest BCUT2D eigenvalue weighted by molar-refractivity contribution is -0.116. The van der Waals surface area contributed by atoms with Gasteiger partial charge >= 0.3 is 12.1 Å². The van der Waals surface area contributed by atoms with Crippen molar-refractivity contribution >= 4 is 52.6 Å². The standard InChI is InChI=1S/C24H29ClN6O5/c1-14(27-35)20-26-21(15(2)28(20)6)29(7)22(33)30(13-32)12-16-11-17-18(25)9-8-10-19(17)31(16)23(34)36-24(3,4)5/h8-11,13,35H,12H2,1-7H3/b27-14-. The van der Waals surface area contributed by atoms with Crippen molar-refractivity contribution < 1.29 is 24.3 Å². The number of hydrogen-bond acceptors (Lipinski definition) is 7. The van der Waals surface area contributed by atoms with Crippen LogP contribution in [0, 0.1) is 6.92 Å². The molecule has 1 N–H and O–H groups in total. The molecule has 0 radical (unpaired) electrons. The molecule has 3 aromatic rings. The van der Waals surface area contributed by atoms with Crippen molar-refractivity contribution in [1.29, 1.82) is 0 Å². The van der Waals surface area contributed by atoms with Crippen LogP contribution in [-0.4, -0.2) is 61.1 Å². The summed E-state index contributed by atoms with van der Waals surface area (Å²) in [7, 11) is 3.19. The van der Waals surface area contributed by atoms with Gasteiger partial charge in [-0.3, -0.25) is 14.6 Å². The molecule has 0 spiro atoms. The number of benzene rings is 1. The minimum atomic E-state index is -0.770. The second kappa shape index (κ2) is 10.0. The monoisotopic (exact) mass is 516 g/mol. The van der Waals surface area contributed by atoms with Crippen LogP contribution in [0.2, 0.25) is 5.02 Å². The third-order valence-electron chi connectivity index (χ3n) is 5.58. The fourth-order valence-corrected chi connectivity index (χ4v) is 3.97. The third kappa shape index (κ3) is 5.06. The van der Waals surface area contributed by atoms with Crippen LogP contribution in [-0.2, 0) is 23.1 Å². The summed E-state index contributed by atoms with van der Waals surface area (Å²) in [5, 5.41) is 13.3. The molecule has 36 heavy (non-hydrogen) atoms. The quantitative estimate of drug-likeness (QED) is 0.230. The van der Waals surface area contributed by atoms with Gasteiger partial charge in [0.05, 0.1) is 23.4 Å². The first-order chi connectivity index (χ1) is 16.8. The second-order valence-electron chi connectivity index (χ2n) is 9.29. The van der Waals surface area contributed by atoms with Gasteiger partial charge in [-0.15, -0.1) is 0 Å². The van der Waals surface area contributed by atoms with Crippen molar-refractivity contribution in [3.8, 4) is 0 Å². The first kappa shape index (κ1) is 26.7. The molecule has 0 unspecified atom stereocenters. The minimum Gasteiger partial charge on any atom is -0.443 e. The van der Waals surface area contributed by atoms with Gasteiger partial charge in [-0.2, -0.15) is 0 Å². The van der Waals surface area contributed by atoms with Gasteiger partial charge in [0, 0.05) is 24.5 Å². The summed E-state index contributed by atoms with van der Waals surface area (Å²) < 4.78 is 8.54. The number of carbonyl (C=O) groups is 3. The molecule has 12 heteroatoms. The normalized spacial score (nSPS) is 12.1. The van der Waals surface area contributed by atoms with Crippen LogP contribution in [0.5, 0.6) is 0 Å². The van der Waals surface area contributed by atoms with Crippen molar-refractivity contribution in [3.05, 3.63) is 46.5 Å². The zero-order chi connectivity index (χ0) is 26.9. The highest BCUT2D eigenvalue weighted by Gasteiger charge is 2.28. The molecule has 0 aliphatic rings. The number of amides is 3. The van der Waals surface area contributed by atoms with E-state index in [4.69, 9.17) is 21.5 Å². The van der Waals surface area contributed by atoms with E-state index in [2.05, 4.69) is 10.1 Å². The summed E-state index contributed by atoms with van der Waals surface area (Å²) in [6.45, 7) is 8.32. The zero-order valence-corrected chi connectivity index (χ0v) is 22.0. The Hall–Kier alpha value is -3.86. The number of fused-ring (bicyclic) bond motifs is 1. The van der Waals surface area contributed by atoms with E-state index in [0.29, 0.717) is 39.5 Å². The number of halogens is 1. The zero-order valence-electron chi connectivity index (χ0n) is 21.2. The van der Waals surface area contributed by atoms with E-state index in [1.165, 1.54) is 16.5 Å². The van der Waals surface area contributed by atoms with Gasteiger partial charge in [0.2, 0.25) is 6.41 Å². The van der Waals surface area contributed by atoms with Crippen LogP contribution in [0.15, 0.2) is 29.4 Å². The van der Waals surface area contributed by atoms with Gasteiger partial charge in [0.25, 0.3) is 0 Å². The molecule has 0 saturated carbocycles. The smallest absolute Gasteiger partial charge is 0.419 e. The molecular formula is C24H29ClN6O5. The number of ether oxygens (including phenoxy) is 1. The number of rotatable bonds is 5. The molecule has 11 nitrogen and oxygen atoms in total. The number of oxime groups is 1.